The fraction of sp³-hybridized carbons (Fsp3) is 0.231. The molecule has 0 aliphatic rings. The van der Waals surface area contributed by atoms with Crippen LogP contribution in [0.3, 0.4) is 0 Å². The molecule has 0 saturated heterocycles. The monoisotopic (exact) mass is 265 g/mol. The van der Waals surface area contributed by atoms with Gasteiger partial charge in [-0.1, -0.05) is 17.7 Å². The standard InChI is InChI=1S/C13H12ClNO3/c1-2-3-7-12(16)15(9-13(17)18)11-6-4-5-10(14)8-11/h1,4-6,8H,3,7,9H2,(H,17,18). The summed E-state index contributed by atoms with van der Waals surface area (Å²) in [5.41, 5.74) is 0.451. The Morgan fingerprint density at radius 3 is 2.72 bits per heavy atom. The van der Waals surface area contributed by atoms with Gasteiger partial charge in [-0.05, 0) is 18.2 Å². The van der Waals surface area contributed by atoms with E-state index in [1.54, 1.807) is 18.2 Å². The molecule has 0 aromatic heterocycles. The van der Waals surface area contributed by atoms with Crippen LogP contribution in [0, 0.1) is 12.3 Å². The molecule has 0 bridgehead atoms. The summed E-state index contributed by atoms with van der Waals surface area (Å²) in [6, 6.07) is 6.47. The second-order valence-electron chi connectivity index (χ2n) is 3.56. The number of halogens is 1. The number of nitrogens with zero attached hydrogens (tertiary/aromatic N) is 1. The molecule has 0 saturated carbocycles. The number of carboxylic acid groups (broad SMARTS) is 1. The first kappa shape index (κ1) is 14.1. The van der Waals surface area contributed by atoms with Crippen LogP contribution in [-0.4, -0.2) is 23.5 Å². The molecule has 5 heteroatoms. The van der Waals surface area contributed by atoms with Crippen molar-refractivity contribution in [2.45, 2.75) is 12.8 Å². The molecule has 1 N–H and O–H groups in total. The Morgan fingerprint density at radius 2 is 2.17 bits per heavy atom. The minimum atomic E-state index is -1.09. The molecular formula is C13H12ClNO3. The number of carbonyl (C=O) groups is 2. The van der Waals surface area contributed by atoms with Crippen molar-refractivity contribution in [3.05, 3.63) is 29.3 Å². The second kappa shape index (κ2) is 6.67. The average Bonchev–Trinajstić information content (AvgIpc) is 2.32. The van der Waals surface area contributed by atoms with Crippen LogP contribution in [0.1, 0.15) is 12.8 Å². The maximum absolute atomic E-state index is 11.9. The van der Waals surface area contributed by atoms with Crippen molar-refractivity contribution in [3.63, 3.8) is 0 Å². The third-order valence-electron chi connectivity index (χ3n) is 2.20. The van der Waals surface area contributed by atoms with E-state index in [0.717, 1.165) is 4.90 Å². The van der Waals surface area contributed by atoms with E-state index < -0.39 is 12.5 Å². The molecule has 0 aliphatic carbocycles. The number of terminal acetylenes is 1. The summed E-state index contributed by atoms with van der Waals surface area (Å²) in [6.45, 7) is -0.413. The average molecular weight is 266 g/mol. The van der Waals surface area contributed by atoms with Crippen molar-refractivity contribution in [2.75, 3.05) is 11.4 Å². The van der Waals surface area contributed by atoms with E-state index in [9.17, 15) is 9.59 Å². The fourth-order valence-corrected chi connectivity index (χ4v) is 1.60. The molecule has 0 spiro atoms. The Balaban J connectivity index is 2.94. The number of carboxylic acids is 1. The predicted molar refractivity (Wildman–Crippen MR) is 69.5 cm³/mol. The second-order valence-corrected chi connectivity index (χ2v) is 3.99. The summed E-state index contributed by atoms with van der Waals surface area (Å²) in [7, 11) is 0. The molecule has 94 valence electrons. The number of carbonyl (C=O) groups excluding carboxylic acids is 1. The summed E-state index contributed by atoms with van der Waals surface area (Å²) in [5.74, 6) is 0.920. The van der Waals surface area contributed by atoms with Gasteiger partial charge in [0.05, 0.1) is 0 Å². The Morgan fingerprint density at radius 1 is 1.44 bits per heavy atom. The Labute approximate surface area is 110 Å². The first-order valence-electron chi connectivity index (χ1n) is 5.25. The molecule has 0 radical (unpaired) electrons. The topological polar surface area (TPSA) is 57.6 Å². The van der Waals surface area contributed by atoms with E-state index in [1.807, 2.05) is 0 Å². The zero-order chi connectivity index (χ0) is 13.5. The number of hydrogen-bond acceptors (Lipinski definition) is 2. The molecule has 0 fully saturated rings. The Kier molecular flexibility index (Phi) is 5.22. The molecule has 1 aromatic rings. The van der Waals surface area contributed by atoms with E-state index >= 15 is 0 Å². The van der Waals surface area contributed by atoms with Crippen LogP contribution >= 0.6 is 11.6 Å². The molecule has 0 aliphatic heterocycles. The van der Waals surface area contributed by atoms with E-state index in [4.69, 9.17) is 23.1 Å². The lowest BCUT2D eigenvalue weighted by Gasteiger charge is -2.20. The quantitative estimate of drug-likeness (QED) is 0.830. The fourth-order valence-electron chi connectivity index (χ4n) is 1.42. The van der Waals surface area contributed by atoms with E-state index in [2.05, 4.69) is 5.92 Å². The molecule has 1 aromatic carbocycles. The molecule has 0 heterocycles. The highest BCUT2D eigenvalue weighted by Gasteiger charge is 2.18. The van der Waals surface area contributed by atoms with Crippen LogP contribution in [0.4, 0.5) is 5.69 Å². The molecule has 1 rings (SSSR count). The highest BCUT2D eigenvalue weighted by Crippen LogP contribution is 2.20. The van der Waals surface area contributed by atoms with Gasteiger partial charge in [-0.3, -0.25) is 9.59 Å². The van der Waals surface area contributed by atoms with Crippen molar-refractivity contribution in [2.24, 2.45) is 0 Å². The summed E-state index contributed by atoms with van der Waals surface area (Å²) >= 11 is 5.82. The first-order valence-corrected chi connectivity index (χ1v) is 5.63. The number of aliphatic carboxylic acids is 1. The zero-order valence-electron chi connectivity index (χ0n) is 9.60. The summed E-state index contributed by atoms with van der Waals surface area (Å²) in [4.78, 5) is 23.8. The molecule has 0 unspecified atom stereocenters. The number of anilines is 1. The molecule has 0 atom stereocenters. The minimum Gasteiger partial charge on any atom is -0.480 e. The lowest BCUT2D eigenvalue weighted by molar-refractivity contribution is -0.136. The normalized spacial score (nSPS) is 9.56. The van der Waals surface area contributed by atoms with E-state index in [-0.39, 0.29) is 18.7 Å². The number of hydrogen-bond donors (Lipinski definition) is 1. The third kappa shape index (κ3) is 4.11. The van der Waals surface area contributed by atoms with Crippen LogP contribution in [0.25, 0.3) is 0 Å². The van der Waals surface area contributed by atoms with Gasteiger partial charge in [0, 0.05) is 23.6 Å². The maximum atomic E-state index is 11.9. The van der Waals surface area contributed by atoms with Gasteiger partial charge in [-0.25, -0.2) is 0 Å². The van der Waals surface area contributed by atoms with Crippen LogP contribution in [0.5, 0.6) is 0 Å². The first-order chi connectivity index (χ1) is 8.54. The maximum Gasteiger partial charge on any atom is 0.323 e. The molecular weight excluding hydrogens is 254 g/mol. The van der Waals surface area contributed by atoms with E-state index in [1.165, 1.54) is 6.07 Å². The lowest BCUT2D eigenvalue weighted by atomic mass is 10.2. The van der Waals surface area contributed by atoms with Crippen molar-refractivity contribution in [1.82, 2.24) is 0 Å². The summed E-state index contributed by atoms with van der Waals surface area (Å²) < 4.78 is 0. The number of benzene rings is 1. The lowest BCUT2D eigenvalue weighted by Crippen LogP contribution is -2.35. The van der Waals surface area contributed by atoms with Gasteiger partial charge >= 0.3 is 5.97 Å². The van der Waals surface area contributed by atoms with Crippen LogP contribution in [-0.2, 0) is 9.59 Å². The van der Waals surface area contributed by atoms with Crippen LogP contribution in [0.15, 0.2) is 24.3 Å². The van der Waals surface area contributed by atoms with Crippen molar-refractivity contribution >= 4 is 29.2 Å². The van der Waals surface area contributed by atoms with Gasteiger partial charge < -0.3 is 10.0 Å². The molecule has 18 heavy (non-hydrogen) atoms. The van der Waals surface area contributed by atoms with Gasteiger partial charge in [0.2, 0.25) is 5.91 Å². The van der Waals surface area contributed by atoms with Gasteiger partial charge in [-0.2, -0.15) is 0 Å². The molecule has 1 amide bonds. The van der Waals surface area contributed by atoms with Crippen LogP contribution < -0.4 is 4.90 Å². The van der Waals surface area contributed by atoms with Crippen molar-refractivity contribution in [1.29, 1.82) is 0 Å². The zero-order valence-corrected chi connectivity index (χ0v) is 10.4. The Bertz CT molecular complexity index is 493. The van der Waals surface area contributed by atoms with Gasteiger partial charge in [0.25, 0.3) is 0 Å². The highest BCUT2D eigenvalue weighted by molar-refractivity contribution is 6.30. The van der Waals surface area contributed by atoms with Crippen LogP contribution in [0.2, 0.25) is 5.02 Å². The SMILES string of the molecule is C#CCCC(=O)N(CC(=O)O)c1cccc(Cl)c1. The van der Waals surface area contributed by atoms with Crippen molar-refractivity contribution < 1.29 is 14.7 Å². The number of amides is 1. The predicted octanol–water partition coefficient (Wildman–Crippen LogP) is 2.17. The number of rotatable bonds is 5. The largest absolute Gasteiger partial charge is 0.480 e. The smallest absolute Gasteiger partial charge is 0.323 e. The molecule has 4 nitrogen and oxygen atoms in total. The summed E-state index contributed by atoms with van der Waals surface area (Å²) in [5, 5.41) is 9.26. The van der Waals surface area contributed by atoms with Crippen molar-refractivity contribution in [3.8, 4) is 12.3 Å². The Hall–Kier alpha value is -1.99. The van der Waals surface area contributed by atoms with Gasteiger partial charge in [0.15, 0.2) is 0 Å². The highest BCUT2D eigenvalue weighted by atomic mass is 35.5. The third-order valence-corrected chi connectivity index (χ3v) is 2.43. The van der Waals surface area contributed by atoms with Gasteiger partial charge in [0.1, 0.15) is 6.54 Å². The van der Waals surface area contributed by atoms with E-state index in [0.29, 0.717) is 10.7 Å². The van der Waals surface area contributed by atoms with Gasteiger partial charge in [-0.15, -0.1) is 12.3 Å². The minimum absolute atomic E-state index is 0.107. The summed E-state index contributed by atoms with van der Waals surface area (Å²) in [6.07, 6.45) is 5.46.